The molecule has 1 rings (SSSR count). The lowest BCUT2D eigenvalue weighted by atomic mass is 10.1. The first-order chi connectivity index (χ1) is 6.77. The lowest BCUT2D eigenvalue weighted by Gasteiger charge is -2.06. The van der Waals surface area contributed by atoms with E-state index >= 15 is 0 Å². The fourth-order valence-electron chi connectivity index (χ4n) is 1.06. The number of benzene rings is 1. The monoisotopic (exact) mass is 190 g/mol. The summed E-state index contributed by atoms with van der Waals surface area (Å²) in [4.78, 5) is 0. The van der Waals surface area contributed by atoms with Gasteiger partial charge in [-0.25, -0.2) is 0 Å². The van der Waals surface area contributed by atoms with E-state index in [2.05, 4.69) is 12.8 Å². The Morgan fingerprint density at radius 1 is 1.43 bits per heavy atom. The van der Waals surface area contributed by atoms with Gasteiger partial charge in [0.1, 0.15) is 11.9 Å². The molecule has 0 aliphatic rings. The van der Waals surface area contributed by atoms with Crippen molar-refractivity contribution in [2.24, 2.45) is 0 Å². The summed E-state index contributed by atoms with van der Waals surface area (Å²) in [5, 5.41) is 9.32. The van der Waals surface area contributed by atoms with Gasteiger partial charge in [-0.3, -0.25) is 0 Å². The molecule has 1 aromatic carbocycles. The van der Waals surface area contributed by atoms with E-state index in [0.717, 1.165) is 17.7 Å². The third-order valence-corrected chi connectivity index (χ3v) is 1.83. The Kier molecular flexibility index (Phi) is 4.03. The first-order valence-electron chi connectivity index (χ1n) is 4.65. The van der Waals surface area contributed by atoms with Crippen molar-refractivity contribution in [3.63, 3.8) is 0 Å². The number of hydrogen-bond donors (Lipinski definition) is 1. The molecule has 0 aliphatic carbocycles. The van der Waals surface area contributed by atoms with Crippen LogP contribution in [0.3, 0.4) is 0 Å². The zero-order valence-corrected chi connectivity index (χ0v) is 8.23. The predicted octanol–water partition coefficient (Wildman–Crippen LogP) is 2.14. The molecule has 1 atom stereocenters. The molecular formula is C12H14O2. The van der Waals surface area contributed by atoms with Crippen molar-refractivity contribution in [2.45, 2.75) is 19.4 Å². The second-order valence-corrected chi connectivity index (χ2v) is 2.99. The van der Waals surface area contributed by atoms with Gasteiger partial charge in [-0.05, 0) is 24.1 Å². The van der Waals surface area contributed by atoms with Crippen LogP contribution in [0.5, 0.6) is 5.75 Å². The lowest BCUT2D eigenvalue weighted by molar-refractivity contribution is 0.238. The van der Waals surface area contributed by atoms with E-state index in [1.54, 1.807) is 12.1 Å². The fourth-order valence-corrected chi connectivity index (χ4v) is 1.06. The molecule has 1 aromatic rings. The van der Waals surface area contributed by atoms with Crippen molar-refractivity contribution >= 4 is 0 Å². The molecule has 1 unspecified atom stereocenters. The summed E-state index contributed by atoms with van der Waals surface area (Å²) in [6, 6.07) is 7.17. The van der Waals surface area contributed by atoms with Crippen LogP contribution >= 0.6 is 0 Å². The average Bonchev–Trinajstić information content (AvgIpc) is 2.26. The number of terminal acetylenes is 1. The number of aliphatic hydroxyl groups excluding tert-OH is 1. The van der Waals surface area contributed by atoms with Crippen LogP contribution in [0.2, 0.25) is 0 Å². The molecular weight excluding hydrogens is 176 g/mol. The summed E-state index contributed by atoms with van der Waals surface area (Å²) in [5.74, 6) is 3.06. The van der Waals surface area contributed by atoms with E-state index in [4.69, 9.17) is 11.2 Å². The molecule has 1 N–H and O–H groups in total. The first kappa shape index (κ1) is 10.6. The van der Waals surface area contributed by atoms with Gasteiger partial charge in [0.25, 0.3) is 0 Å². The minimum Gasteiger partial charge on any atom is -0.494 e. The van der Waals surface area contributed by atoms with Gasteiger partial charge in [0, 0.05) is 0 Å². The predicted molar refractivity (Wildman–Crippen MR) is 56.0 cm³/mol. The van der Waals surface area contributed by atoms with Gasteiger partial charge in [0.05, 0.1) is 6.61 Å². The average molecular weight is 190 g/mol. The molecule has 0 heterocycles. The molecule has 0 saturated heterocycles. The van der Waals surface area contributed by atoms with Crippen LogP contribution in [0, 0.1) is 12.3 Å². The summed E-state index contributed by atoms with van der Waals surface area (Å²) in [5.41, 5.74) is 0.719. The Bertz CT molecular complexity index is 308. The van der Waals surface area contributed by atoms with Gasteiger partial charge < -0.3 is 9.84 Å². The summed E-state index contributed by atoms with van der Waals surface area (Å²) < 4.78 is 5.39. The van der Waals surface area contributed by atoms with Crippen LogP contribution in [0.1, 0.15) is 25.0 Å². The Labute approximate surface area is 84.5 Å². The van der Waals surface area contributed by atoms with Crippen molar-refractivity contribution in [3.05, 3.63) is 29.8 Å². The minimum absolute atomic E-state index is 0.705. The topological polar surface area (TPSA) is 29.5 Å². The smallest absolute Gasteiger partial charge is 0.139 e. The number of rotatable bonds is 4. The minimum atomic E-state index is -0.824. The highest BCUT2D eigenvalue weighted by atomic mass is 16.5. The largest absolute Gasteiger partial charge is 0.494 e. The zero-order chi connectivity index (χ0) is 10.4. The van der Waals surface area contributed by atoms with Crippen molar-refractivity contribution in [1.29, 1.82) is 0 Å². The first-order valence-corrected chi connectivity index (χ1v) is 4.65. The Morgan fingerprint density at radius 3 is 2.57 bits per heavy atom. The number of ether oxygens (including phenoxy) is 1. The van der Waals surface area contributed by atoms with Gasteiger partial charge in [-0.1, -0.05) is 25.0 Å². The Hall–Kier alpha value is -1.46. The van der Waals surface area contributed by atoms with Crippen LogP contribution in [0.15, 0.2) is 24.3 Å². The molecule has 0 aromatic heterocycles. The number of hydrogen-bond acceptors (Lipinski definition) is 2. The van der Waals surface area contributed by atoms with E-state index in [-0.39, 0.29) is 0 Å². The molecule has 2 heteroatoms. The SMILES string of the molecule is C#CC(O)c1ccc(OCCC)cc1. The van der Waals surface area contributed by atoms with Gasteiger partial charge in [0.2, 0.25) is 0 Å². The fraction of sp³-hybridized carbons (Fsp3) is 0.333. The van der Waals surface area contributed by atoms with Crippen LogP contribution in [0.4, 0.5) is 0 Å². The number of aliphatic hydroxyl groups is 1. The van der Waals surface area contributed by atoms with Gasteiger partial charge in [-0.2, -0.15) is 0 Å². The summed E-state index contributed by atoms with van der Waals surface area (Å²) in [7, 11) is 0. The van der Waals surface area contributed by atoms with E-state index in [0.29, 0.717) is 6.61 Å². The molecule has 0 spiro atoms. The Morgan fingerprint density at radius 2 is 2.07 bits per heavy atom. The van der Waals surface area contributed by atoms with Crippen molar-refractivity contribution in [1.82, 2.24) is 0 Å². The van der Waals surface area contributed by atoms with Gasteiger partial charge >= 0.3 is 0 Å². The van der Waals surface area contributed by atoms with Crippen molar-refractivity contribution in [2.75, 3.05) is 6.61 Å². The Balaban J connectivity index is 2.65. The second-order valence-electron chi connectivity index (χ2n) is 2.99. The van der Waals surface area contributed by atoms with E-state index in [1.165, 1.54) is 0 Å². The molecule has 14 heavy (non-hydrogen) atoms. The van der Waals surface area contributed by atoms with E-state index in [1.807, 2.05) is 12.1 Å². The van der Waals surface area contributed by atoms with E-state index in [9.17, 15) is 5.11 Å². The summed E-state index contributed by atoms with van der Waals surface area (Å²) in [6.07, 6.45) is 5.25. The molecule has 0 amide bonds. The molecule has 0 radical (unpaired) electrons. The van der Waals surface area contributed by atoms with Gasteiger partial charge in [-0.15, -0.1) is 6.42 Å². The van der Waals surface area contributed by atoms with Crippen LogP contribution in [0.25, 0.3) is 0 Å². The second kappa shape index (κ2) is 5.31. The standard InChI is InChI=1S/C12H14O2/c1-3-9-14-11-7-5-10(6-8-11)12(13)4-2/h2,5-8,12-13H,3,9H2,1H3. The molecule has 74 valence electrons. The summed E-state index contributed by atoms with van der Waals surface area (Å²) in [6.45, 7) is 2.76. The molecule has 2 nitrogen and oxygen atoms in total. The molecule has 0 fully saturated rings. The maximum atomic E-state index is 9.32. The third kappa shape index (κ3) is 2.79. The quantitative estimate of drug-likeness (QED) is 0.737. The van der Waals surface area contributed by atoms with Crippen LogP contribution in [-0.2, 0) is 0 Å². The van der Waals surface area contributed by atoms with Crippen LogP contribution < -0.4 is 4.74 Å². The highest BCUT2D eigenvalue weighted by Crippen LogP contribution is 2.17. The molecule has 0 bridgehead atoms. The van der Waals surface area contributed by atoms with Crippen molar-refractivity contribution in [3.8, 4) is 18.1 Å². The maximum absolute atomic E-state index is 9.32. The highest BCUT2D eigenvalue weighted by molar-refractivity contribution is 5.31. The maximum Gasteiger partial charge on any atom is 0.139 e. The normalized spacial score (nSPS) is 11.8. The van der Waals surface area contributed by atoms with Crippen LogP contribution in [-0.4, -0.2) is 11.7 Å². The zero-order valence-electron chi connectivity index (χ0n) is 8.23. The van der Waals surface area contributed by atoms with Gasteiger partial charge in [0.15, 0.2) is 0 Å². The van der Waals surface area contributed by atoms with Crippen molar-refractivity contribution < 1.29 is 9.84 Å². The third-order valence-electron chi connectivity index (χ3n) is 1.83. The lowest BCUT2D eigenvalue weighted by Crippen LogP contribution is -1.96. The molecule has 0 saturated carbocycles. The summed E-state index contributed by atoms with van der Waals surface area (Å²) >= 11 is 0. The van der Waals surface area contributed by atoms with E-state index < -0.39 is 6.10 Å². The molecule has 0 aliphatic heterocycles. The highest BCUT2D eigenvalue weighted by Gasteiger charge is 2.02.